The van der Waals surface area contributed by atoms with Gasteiger partial charge in [0.15, 0.2) is 0 Å². The van der Waals surface area contributed by atoms with Gasteiger partial charge in [-0.3, -0.25) is 0 Å². The fourth-order valence-electron chi connectivity index (χ4n) is 3.92. The second kappa shape index (κ2) is 15.9. The zero-order valence-electron chi connectivity index (χ0n) is 24.1. The molecule has 4 amide bonds. The van der Waals surface area contributed by atoms with Gasteiger partial charge in [0.2, 0.25) is 0 Å². The van der Waals surface area contributed by atoms with E-state index in [2.05, 4.69) is 0 Å². The van der Waals surface area contributed by atoms with E-state index in [-0.39, 0.29) is 25.3 Å². The molecule has 2 aromatic carbocycles. The average Bonchev–Trinajstić information content (AvgIpc) is 2.95. The number of rotatable bonds is 12. The molecular formula is C30H40N4O6. The number of hydrogen-bond donors (Lipinski definition) is 0. The van der Waals surface area contributed by atoms with Crippen molar-refractivity contribution in [1.82, 2.24) is 19.6 Å². The molecular weight excluding hydrogens is 512 g/mol. The topological polar surface area (TPSA) is 99.7 Å². The number of hydrogen-bond acceptors (Lipinski definition) is 6. The van der Waals surface area contributed by atoms with Crippen LogP contribution in [0.25, 0.3) is 0 Å². The highest BCUT2D eigenvalue weighted by Crippen LogP contribution is 2.12. The van der Waals surface area contributed by atoms with Crippen LogP contribution in [-0.4, -0.2) is 111 Å². The van der Waals surface area contributed by atoms with Crippen LogP contribution in [0.2, 0.25) is 0 Å². The van der Waals surface area contributed by atoms with Gasteiger partial charge in [-0.05, 0) is 24.0 Å². The van der Waals surface area contributed by atoms with Gasteiger partial charge in [-0.1, -0.05) is 60.7 Å². The van der Waals surface area contributed by atoms with Crippen LogP contribution in [0.4, 0.5) is 9.59 Å². The number of carbonyl (C=O) groups is 4. The Morgan fingerprint density at radius 2 is 0.925 bits per heavy atom. The summed E-state index contributed by atoms with van der Waals surface area (Å²) in [5.74, 6) is -1.47. The Bertz CT molecular complexity index is 1050. The van der Waals surface area contributed by atoms with E-state index in [0.29, 0.717) is 12.8 Å². The van der Waals surface area contributed by atoms with Crippen molar-refractivity contribution in [2.24, 2.45) is 0 Å². The van der Waals surface area contributed by atoms with Crippen LogP contribution in [0.3, 0.4) is 0 Å². The molecule has 2 atom stereocenters. The Morgan fingerprint density at radius 3 is 1.23 bits per heavy atom. The van der Waals surface area contributed by atoms with E-state index in [1.54, 1.807) is 42.3 Å². The summed E-state index contributed by atoms with van der Waals surface area (Å²) in [6.07, 6.45) is 2.96. The van der Waals surface area contributed by atoms with Crippen LogP contribution in [0.5, 0.6) is 0 Å². The van der Waals surface area contributed by atoms with Crippen molar-refractivity contribution in [2.75, 3.05) is 55.5 Å². The third-order valence-electron chi connectivity index (χ3n) is 6.28. The predicted octanol–water partition coefficient (Wildman–Crippen LogP) is 3.08. The summed E-state index contributed by atoms with van der Waals surface area (Å²) in [5, 5.41) is 0. The minimum Gasteiger partial charge on any atom is -0.460 e. The lowest BCUT2D eigenvalue weighted by Crippen LogP contribution is -2.46. The van der Waals surface area contributed by atoms with Gasteiger partial charge >= 0.3 is 24.0 Å². The highest BCUT2D eigenvalue weighted by Gasteiger charge is 2.24. The van der Waals surface area contributed by atoms with Gasteiger partial charge in [-0.25, -0.2) is 19.2 Å². The molecule has 0 fully saturated rings. The minimum atomic E-state index is -0.735. The van der Waals surface area contributed by atoms with Crippen molar-refractivity contribution in [3.05, 3.63) is 83.9 Å². The molecule has 0 aliphatic heterocycles. The van der Waals surface area contributed by atoms with Gasteiger partial charge in [0.1, 0.15) is 13.2 Å². The van der Waals surface area contributed by atoms with E-state index in [9.17, 15) is 19.2 Å². The molecule has 0 aliphatic rings. The third-order valence-corrected chi connectivity index (χ3v) is 6.28. The number of carbonyl (C=O) groups excluding carboxylic acids is 4. The molecule has 10 nitrogen and oxygen atoms in total. The molecule has 0 radical (unpaired) electrons. The predicted molar refractivity (Wildman–Crippen MR) is 153 cm³/mol. The summed E-state index contributed by atoms with van der Waals surface area (Å²) in [4.78, 5) is 55.8. The molecule has 2 aromatic rings. The molecule has 0 heterocycles. The third kappa shape index (κ3) is 10.4. The SMILES string of the molecule is CN(C)C(=O)N(C)[C@H](COC(=O)/C=C/C(=O)OC[C@H](Cc1ccccc1)N(C)C(=O)N(C)C)Cc1ccccc1. The van der Waals surface area contributed by atoms with E-state index < -0.39 is 24.0 Å². The summed E-state index contributed by atoms with van der Waals surface area (Å²) in [7, 11) is 9.91. The summed E-state index contributed by atoms with van der Waals surface area (Å²) in [6.45, 7) is -0.112. The lowest BCUT2D eigenvalue weighted by Gasteiger charge is -2.30. The summed E-state index contributed by atoms with van der Waals surface area (Å²) < 4.78 is 10.7. The van der Waals surface area contributed by atoms with Crippen molar-refractivity contribution in [2.45, 2.75) is 24.9 Å². The van der Waals surface area contributed by atoms with Crippen molar-refractivity contribution < 1.29 is 28.7 Å². The Kier molecular flexibility index (Phi) is 12.7. The average molecular weight is 553 g/mol. The van der Waals surface area contributed by atoms with Gasteiger partial charge < -0.3 is 29.1 Å². The smallest absolute Gasteiger partial charge is 0.331 e. The highest BCUT2D eigenvalue weighted by atomic mass is 16.5. The lowest BCUT2D eigenvalue weighted by molar-refractivity contribution is -0.141. The monoisotopic (exact) mass is 552 g/mol. The summed E-state index contributed by atoms with van der Waals surface area (Å²) in [6, 6.07) is 17.9. The Hall–Kier alpha value is -4.34. The minimum absolute atomic E-state index is 0.0558. The van der Waals surface area contributed by atoms with E-state index in [1.165, 1.54) is 19.6 Å². The number of benzene rings is 2. The fourth-order valence-corrected chi connectivity index (χ4v) is 3.92. The van der Waals surface area contributed by atoms with Crippen LogP contribution >= 0.6 is 0 Å². The molecule has 0 spiro atoms. The molecule has 216 valence electrons. The van der Waals surface area contributed by atoms with E-state index in [0.717, 1.165) is 23.3 Å². The Morgan fingerprint density at radius 1 is 0.600 bits per heavy atom. The first kappa shape index (κ1) is 31.9. The van der Waals surface area contributed by atoms with Crippen molar-refractivity contribution in [3.63, 3.8) is 0 Å². The van der Waals surface area contributed by atoms with Gasteiger partial charge in [-0.15, -0.1) is 0 Å². The summed E-state index contributed by atoms with van der Waals surface area (Å²) >= 11 is 0. The van der Waals surface area contributed by atoms with Crippen molar-refractivity contribution in [3.8, 4) is 0 Å². The molecule has 0 saturated carbocycles. The van der Waals surface area contributed by atoms with Crippen LogP contribution in [0, 0.1) is 0 Å². The maximum Gasteiger partial charge on any atom is 0.331 e. The van der Waals surface area contributed by atoms with Crippen molar-refractivity contribution >= 4 is 24.0 Å². The first-order valence-corrected chi connectivity index (χ1v) is 13.0. The quantitative estimate of drug-likeness (QED) is 0.296. The first-order valence-electron chi connectivity index (χ1n) is 13.0. The Labute approximate surface area is 236 Å². The molecule has 0 aliphatic carbocycles. The maximum atomic E-state index is 12.5. The molecule has 40 heavy (non-hydrogen) atoms. The normalized spacial score (nSPS) is 12.2. The molecule has 0 bridgehead atoms. The number of nitrogens with zero attached hydrogens (tertiary/aromatic N) is 4. The second-order valence-corrected chi connectivity index (χ2v) is 9.86. The first-order chi connectivity index (χ1) is 19.0. The largest absolute Gasteiger partial charge is 0.460 e. The number of likely N-dealkylation sites (N-methyl/N-ethyl adjacent to an activating group) is 2. The summed E-state index contributed by atoms with van der Waals surface area (Å²) in [5.41, 5.74) is 1.98. The highest BCUT2D eigenvalue weighted by molar-refractivity contribution is 5.91. The number of ether oxygens (including phenoxy) is 2. The van der Waals surface area contributed by atoms with Crippen LogP contribution in [-0.2, 0) is 31.9 Å². The van der Waals surface area contributed by atoms with E-state index in [4.69, 9.17) is 9.47 Å². The molecule has 0 aromatic heterocycles. The zero-order chi connectivity index (χ0) is 29.7. The maximum absolute atomic E-state index is 12.5. The van der Waals surface area contributed by atoms with Gasteiger partial charge in [0.05, 0.1) is 12.1 Å². The number of amides is 4. The number of esters is 2. The van der Waals surface area contributed by atoms with Crippen LogP contribution < -0.4 is 0 Å². The van der Waals surface area contributed by atoms with Gasteiger partial charge in [-0.2, -0.15) is 0 Å². The van der Waals surface area contributed by atoms with Crippen molar-refractivity contribution in [1.29, 1.82) is 0 Å². The van der Waals surface area contributed by atoms with Crippen LogP contribution in [0.15, 0.2) is 72.8 Å². The van der Waals surface area contributed by atoms with Gasteiger partial charge in [0, 0.05) is 54.4 Å². The fraction of sp³-hybridized carbons (Fsp3) is 0.400. The Balaban J connectivity index is 1.97. The lowest BCUT2D eigenvalue weighted by atomic mass is 10.1. The molecule has 0 N–H and O–H groups in total. The second-order valence-electron chi connectivity index (χ2n) is 9.86. The zero-order valence-corrected chi connectivity index (χ0v) is 24.1. The molecule has 0 unspecified atom stereocenters. The molecule has 0 saturated heterocycles. The molecule has 10 heteroatoms. The molecule has 2 rings (SSSR count). The van der Waals surface area contributed by atoms with Crippen LogP contribution in [0.1, 0.15) is 11.1 Å². The van der Waals surface area contributed by atoms with E-state index >= 15 is 0 Å². The van der Waals surface area contributed by atoms with Gasteiger partial charge in [0.25, 0.3) is 0 Å². The number of urea groups is 2. The van der Waals surface area contributed by atoms with E-state index in [1.807, 2.05) is 60.7 Å². The standard InChI is InChI=1S/C30H40N4O6/c1-31(2)29(37)33(5)25(19-23-13-9-7-10-14-23)21-39-27(35)17-18-28(36)40-22-26(34(6)30(38)32(3)4)20-24-15-11-8-12-16-24/h7-18,25-26H,19-22H2,1-6H3/b18-17+/t25-,26-/m0/s1.